The number of nitrogens with zero attached hydrogens (tertiary/aromatic N) is 2. The average molecular weight is 280 g/mol. The standard InChI is InChI=1S/C13H16N2O3S/c1-4-5-8-6-19-12-9(14-7(2)3)11(16)15(12)10(8)13(17)18/h4-5,9,12H,6H2,1-3H3,(H,17,18)/t9?,12-/m0/s1. The molecule has 0 saturated carbocycles. The van der Waals surface area contributed by atoms with Crippen molar-refractivity contribution >= 4 is 29.4 Å². The van der Waals surface area contributed by atoms with Crippen molar-refractivity contribution in [1.82, 2.24) is 4.90 Å². The number of carbonyl (C=O) groups excluding carboxylic acids is 1. The van der Waals surface area contributed by atoms with Gasteiger partial charge >= 0.3 is 5.97 Å². The Morgan fingerprint density at radius 1 is 1.53 bits per heavy atom. The van der Waals surface area contributed by atoms with E-state index in [1.54, 1.807) is 23.9 Å². The Balaban J connectivity index is 2.36. The molecule has 102 valence electrons. The fourth-order valence-electron chi connectivity index (χ4n) is 2.22. The largest absolute Gasteiger partial charge is 0.477 e. The monoisotopic (exact) mass is 280 g/mol. The van der Waals surface area contributed by atoms with Crippen LogP contribution < -0.4 is 0 Å². The smallest absolute Gasteiger partial charge is 0.352 e. The summed E-state index contributed by atoms with van der Waals surface area (Å²) < 4.78 is 0. The lowest BCUT2D eigenvalue weighted by Crippen LogP contribution is -2.64. The summed E-state index contributed by atoms with van der Waals surface area (Å²) in [6.07, 6.45) is 3.54. The number of amides is 1. The fourth-order valence-corrected chi connectivity index (χ4v) is 3.52. The zero-order chi connectivity index (χ0) is 14.2. The third-order valence-electron chi connectivity index (χ3n) is 2.94. The van der Waals surface area contributed by atoms with Crippen LogP contribution in [0.15, 0.2) is 28.4 Å². The van der Waals surface area contributed by atoms with Crippen LogP contribution in [-0.2, 0) is 9.59 Å². The van der Waals surface area contributed by atoms with Crippen LogP contribution in [0.25, 0.3) is 0 Å². The van der Waals surface area contributed by atoms with Gasteiger partial charge in [0.2, 0.25) is 0 Å². The highest BCUT2D eigenvalue weighted by Gasteiger charge is 2.53. The summed E-state index contributed by atoms with van der Waals surface area (Å²) in [6, 6.07) is -0.434. The molecule has 2 atom stereocenters. The van der Waals surface area contributed by atoms with Crippen LogP contribution in [0.2, 0.25) is 0 Å². The van der Waals surface area contributed by atoms with Gasteiger partial charge in [-0.25, -0.2) is 4.79 Å². The summed E-state index contributed by atoms with van der Waals surface area (Å²) in [5.41, 5.74) is 1.62. The van der Waals surface area contributed by atoms with Gasteiger partial charge in [0.25, 0.3) is 5.91 Å². The number of fused-ring (bicyclic) bond motifs is 1. The number of hydrogen-bond donors (Lipinski definition) is 1. The van der Waals surface area contributed by atoms with Crippen molar-refractivity contribution in [1.29, 1.82) is 0 Å². The van der Waals surface area contributed by atoms with Gasteiger partial charge in [0, 0.05) is 11.5 Å². The minimum absolute atomic E-state index is 0.104. The van der Waals surface area contributed by atoms with Crippen LogP contribution in [0.3, 0.4) is 0 Å². The highest BCUT2D eigenvalue weighted by molar-refractivity contribution is 8.00. The molecule has 2 heterocycles. The first-order valence-corrected chi connectivity index (χ1v) is 7.07. The van der Waals surface area contributed by atoms with E-state index in [0.717, 1.165) is 5.71 Å². The van der Waals surface area contributed by atoms with Crippen molar-refractivity contribution in [2.75, 3.05) is 5.75 Å². The Morgan fingerprint density at radius 2 is 2.21 bits per heavy atom. The molecule has 0 aromatic carbocycles. The second kappa shape index (κ2) is 5.21. The molecular formula is C13H16N2O3S. The van der Waals surface area contributed by atoms with Gasteiger partial charge < -0.3 is 5.11 Å². The zero-order valence-electron chi connectivity index (χ0n) is 11.1. The van der Waals surface area contributed by atoms with Gasteiger partial charge in [-0.3, -0.25) is 14.7 Å². The summed E-state index contributed by atoms with van der Waals surface area (Å²) in [6.45, 7) is 5.50. The summed E-state index contributed by atoms with van der Waals surface area (Å²) in [5.74, 6) is -0.685. The Labute approximate surface area is 116 Å². The summed E-state index contributed by atoms with van der Waals surface area (Å²) in [4.78, 5) is 29.1. The third kappa shape index (κ3) is 2.32. The number of thioether (sulfide) groups is 1. The van der Waals surface area contributed by atoms with Crippen molar-refractivity contribution in [3.8, 4) is 0 Å². The predicted molar refractivity (Wildman–Crippen MR) is 75.1 cm³/mol. The summed E-state index contributed by atoms with van der Waals surface area (Å²) >= 11 is 1.56. The minimum atomic E-state index is -1.05. The molecule has 2 aliphatic heterocycles. The molecule has 1 saturated heterocycles. The number of carboxylic acids is 1. The van der Waals surface area contributed by atoms with Gasteiger partial charge in [-0.05, 0) is 26.3 Å². The first-order chi connectivity index (χ1) is 8.97. The van der Waals surface area contributed by atoms with Crippen molar-refractivity contribution in [3.05, 3.63) is 23.4 Å². The summed E-state index contributed by atoms with van der Waals surface area (Å²) in [5, 5.41) is 9.13. The lowest BCUT2D eigenvalue weighted by Gasteiger charge is -2.47. The van der Waals surface area contributed by atoms with E-state index in [0.29, 0.717) is 11.3 Å². The lowest BCUT2D eigenvalue weighted by molar-refractivity contribution is -0.147. The molecule has 0 radical (unpaired) electrons. The number of aliphatic imine (C=N–C) groups is 1. The fraction of sp³-hybridized carbons (Fsp3) is 0.462. The normalized spacial score (nSPS) is 26.3. The molecule has 1 amide bonds. The Kier molecular flexibility index (Phi) is 3.80. The topological polar surface area (TPSA) is 70.0 Å². The van der Waals surface area contributed by atoms with Gasteiger partial charge in [0.1, 0.15) is 11.1 Å². The maximum Gasteiger partial charge on any atom is 0.352 e. The van der Waals surface area contributed by atoms with Gasteiger partial charge in [-0.15, -0.1) is 11.8 Å². The minimum Gasteiger partial charge on any atom is -0.477 e. The van der Waals surface area contributed by atoms with Crippen LogP contribution in [0, 0.1) is 0 Å². The van der Waals surface area contributed by atoms with Crippen LogP contribution in [0.1, 0.15) is 20.8 Å². The van der Waals surface area contributed by atoms with Crippen LogP contribution in [-0.4, -0.2) is 44.8 Å². The van der Waals surface area contributed by atoms with Crippen molar-refractivity contribution in [2.45, 2.75) is 32.2 Å². The van der Waals surface area contributed by atoms with Gasteiger partial charge in [0.05, 0.1) is 0 Å². The zero-order valence-corrected chi connectivity index (χ0v) is 11.9. The van der Waals surface area contributed by atoms with Crippen LogP contribution >= 0.6 is 11.8 Å². The third-order valence-corrected chi connectivity index (χ3v) is 4.23. The number of carboxylic acid groups (broad SMARTS) is 1. The van der Waals surface area contributed by atoms with E-state index in [1.165, 1.54) is 4.90 Å². The SMILES string of the molecule is CC=CC1=C(C(=O)O)N2C(=O)C(N=C(C)C)[C@@H]2SC1. The molecule has 1 fully saturated rings. The van der Waals surface area contributed by atoms with E-state index in [9.17, 15) is 14.7 Å². The highest BCUT2D eigenvalue weighted by Crippen LogP contribution is 2.41. The molecule has 1 N–H and O–H groups in total. The first kappa shape index (κ1) is 13.9. The number of carbonyl (C=O) groups is 2. The molecule has 0 aromatic rings. The number of hydrogen-bond acceptors (Lipinski definition) is 4. The summed E-state index contributed by atoms with van der Waals surface area (Å²) in [7, 11) is 0. The van der Waals surface area contributed by atoms with E-state index in [2.05, 4.69) is 4.99 Å². The number of rotatable bonds is 3. The van der Waals surface area contributed by atoms with Crippen molar-refractivity contribution in [3.63, 3.8) is 0 Å². The molecule has 0 aromatic heterocycles. The van der Waals surface area contributed by atoms with Crippen molar-refractivity contribution < 1.29 is 14.7 Å². The number of aliphatic carboxylic acids is 1. The van der Waals surface area contributed by atoms with E-state index < -0.39 is 12.0 Å². The Morgan fingerprint density at radius 3 is 2.74 bits per heavy atom. The molecular weight excluding hydrogens is 264 g/mol. The second-order valence-corrected chi connectivity index (χ2v) is 5.71. The molecule has 0 spiro atoms. The number of allylic oxidation sites excluding steroid dienone is 2. The Hall–Kier alpha value is -1.56. The second-order valence-electron chi connectivity index (χ2n) is 4.61. The Bertz CT molecular complexity index is 518. The molecule has 2 rings (SSSR count). The van der Waals surface area contributed by atoms with Crippen molar-refractivity contribution in [2.24, 2.45) is 4.99 Å². The molecule has 6 heteroatoms. The molecule has 2 aliphatic rings. The average Bonchev–Trinajstić information content (AvgIpc) is 2.35. The van der Waals surface area contributed by atoms with E-state index in [1.807, 2.05) is 20.8 Å². The molecule has 0 bridgehead atoms. The highest BCUT2D eigenvalue weighted by atomic mass is 32.2. The maximum absolute atomic E-state index is 12.1. The van der Waals surface area contributed by atoms with Crippen LogP contribution in [0.4, 0.5) is 0 Å². The predicted octanol–water partition coefficient (Wildman–Crippen LogP) is 1.67. The molecule has 1 unspecified atom stereocenters. The van der Waals surface area contributed by atoms with E-state index >= 15 is 0 Å². The van der Waals surface area contributed by atoms with E-state index in [4.69, 9.17) is 0 Å². The van der Waals surface area contributed by atoms with Gasteiger partial charge in [-0.2, -0.15) is 0 Å². The van der Waals surface area contributed by atoms with Gasteiger partial charge in [-0.1, -0.05) is 12.2 Å². The lowest BCUT2D eigenvalue weighted by atomic mass is 10.0. The van der Waals surface area contributed by atoms with E-state index in [-0.39, 0.29) is 17.0 Å². The maximum atomic E-state index is 12.1. The number of β-lactam (4-membered cyclic amide) rings is 1. The molecule has 19 heavy (non-hydrogen) atoms. The molecule has 0 aliphatic carbocycles. The van der Waals surface area contributed by atoms with Gasteiger partial charge in [0.15, 0.2) is 6.04 Å². The quantitative estimate of drug-likeness (QED) is 0.630. The first-order valence-electron chi connectivity index (χ1n) is 6.02. The molecule has 5 nitrogen and oxygen atoms in total. The van der Waals surface area contributed by atoms with Crippen LogP contribution in [0.5, 0.6) is 0 Å².